The number of halogens is 1. The quantitative estimate of drug-likeness (QED) is 0.816. The van der Waals surface area contributed by atoms with Crippen molar-refractivity contribution in [2.24, 2.45) is 0 Å². The van der Waals surface area contributed by atoms with E-state index in [1.807, 2.05) is 24.3 Å². The van der Waals surface area contributed by atoms with Crippen molar-refractivity contribution in [1.82, 2.24) is 24.7 Å². The lowest BCUT2D eigenvalue weighted by atomic mass is 10.3. The van der Waals surface area contributed by atoms with Crippen LogP contribution in [0.3, 0.4) is 0 Å². The van der Waals surface area contributed by atoms with Gasteiger partial charge in [0.2, 0.25) is 4.77 Å². The molecule has 0 atom stereocenters. The third-order valence-electron chi connectivity index (χ3n) is 3.22. The highest BCUT2D eigenvalue weighted by Gasteiger charge is 2.14. The summed E-state index contributed by atoms with van der Waals surface area (Å²) in [6, 6.07) is 7.44. The number of hydrogen-bond acceptors (Lipinski definition) is 4. The Morgan fingerprint density at radius 1 is 1.21 bits per heavy atom. The Balaban J connectivity index is 1.88. The number of hydrogen-bond donors (Lipinski definition) is 0. The predicted molar refractivity (Wildman–Crippen MR) is 76.0 cm³/mol. The second-order valence-corrected chi connectivity index (χ2v) is 5.42. The number of rotatable bonds is 3. The van der Waals surface area contributed by atoms with E-state index in [9.17, 15) is 0 Å². The molecule has 1 aromatic heterocycles. The Morgan fingerprint density at radius 3 is 2.74 bits per heavy atom. The molecule has 5 nitrogen and oxygen atoms in total. The van der Waals surface area contributed by atoms with Gasteiger partial charge in [0.25, 0.3) is 0 Å². The maximum atomic E-state index is 5.98. The van der Waals surface area contributed by atoms with Gasteiger partial charge in [-0.1, -0.05) is 17.7 Å². The van der Waals surface area contributed by atoms with Crippen molar-refractivity contribution in [3.8, 4) is 5.69 Å². The van der Waals surface area contributed by atoms with E-state index in [0.29, 0.717) is 16.5 Å². The molecule has 2 heterocycles. The van der Waals surface area contributed by atoms with Crippen molar-refractivity contribution in [3.63, 3.8) is 0 Å². The lowest BCUT2D eigenvalue weighted by Crippen LogP contribution is -2.23. The van der Waals surface area contributed by atoms with Crippen molar-refractivity contribution in [2.45, 2.75) is 19.5 Å². The first kappa shape index (κ1) is 12.8. The zero-order valence-corrected chi connectivity index (χ0v) is 11.9. The average molecular weight is 296 g/mol. The molecule has 0 aliphatic carbocycles. The van der Waals surface area contributed by atoms with Crippen molar-refractivity contribution in [2.75, 3.05) is 13.1 Å². The molecule has 0 spiro atoms. The standard InChI is InChI=1S/C12H14ClN5S/c13-10-4-3-5-11(8-10)18-12(19)17(14-15-18)9-16-6-1-2-7-16/h3-5,8H,1-2,6-7,9H2. The second-order valence-electron chi connectivity index (χ2n) is 4.62. The van der Waals surface area contributed by atoms with Gasteiger partial charge >= 0.3 is 0 Å². The number of tetrazole rings is 1. The molecule has 0 unspecified atom stereocenters. The molecule has 19 heavy (non-hydrogen) atoms. The van der Waals surface area contributed by atoms with Crippen molar-refractivity contribution < 1.29 is 0 Å². The van der Waals surface area contributed by atoms with E-state index >= 15 is 0 Å². The molecule has 0 radical (unpaired) electrons. The minimum Gasteiger partial charge on any atom is -0.284 e. The van der Waals surface area contributed by atoms with E-state index in [-0.39, 0.29) is 0 Å². The Morgan fingerprint density at radius 2 is 2.00 bits per heavy atom. The maximum Gasteiger partial charge on any atom is 0.221 e. The highest BCUT2D eigenvalue weighted by atomic mass is 35.5. The summed E-state index contributed by atoms with van der Waals surface area (Å²) < 4.78 is 3.98. The molecular weight excluding hydrogens is 282 g/mol. The van der Waals surface area contributed by atoms with Crippen LogP contribution in [0.1, 0.15) is 12.8 Å². The molecule has 1 aliphatic rings. The molecular formula is C12H14ClN5S. The van der Waals surface area contributed by atoms with E-state index < -0.39 is 0 Å². The van der Waals surface area contributed by atoms with E-state index in [1.54, 1.807) is 9.36 Å². The lowest BCUT2D eigenvalue weighted by molar-refractivity contribution is 0.251. The summed E-state index contributed by atoms with van der Waals surface area (Å²) in [5.74, 6) is 0. The number of aromatic nitrogens is 4. The normalized spacial score (nSPS) is 16.1. The van der Waals surface area contributed by atoms with Crippen LogP contribution in [-0.4, -0.2) is 37.8 Å². The molecule has 0 N–H and O–H groups in total. The number of benzene rings is 1. The fourth-order valence-electron chi connectivity index (χ4n) is 2.25. The fourth-order valence-corrected chi connectivity index (χ4v) is 2.67. The largest absolute Gasteiger partial charge is 0.284 e. The first-order valence-electron chi connectivity index (χ1n) is 6.25. The predicted octanol–water partition coefficient (Wildman–Crippen LogP) is 2.50. The molecule has 7 heteroatoms. The van der Waals surface area contributed by atoms with Crippen molar-refractivity contribution in [1.29, 1.82) is 0 Å². The summed E-state index contributed by atoms with van der Waals surface area (Å²) in [7, 11) is 0. The van der Waals surface area contributed by atoms with Gasteiger partial charge in [-0.25, -0.2) is 4.68 Å². The van der Waals surface area contributed by atoms with Gasteiger partial charge < -0.3 is 0 Å². The average Bonchev–Trinajstić information content (AvgIpc) is 3.01. The van der Waals surface area contributed by atoms with Crippen molar-refractivity contribution in [3.05, 3.63) is 34.1 Å². The van der Waals surface area contributed by atoms with Crippen LogP contribution in [0, 0.1) is 4.77 Å². The summed E-state index contributed by atoms with van der Waals surface area (Å²) >= 11 is 11.4. The van der Waals surface area contributed by atoms with E-state index in [1.165, 1.54) is 12.8 Å². The summed E-state index contributed by atoms with van der Waals surface area (Å²) in [5, 5.41) is 8.90. The first-order chi connectivity index (χ1) is 9.24. The molecule has 1 aromatic carbocycles. The molecule has 0 saturated carbocycles. The van der Waals surface area contributed by atoms with Gasteiger partial charge in [0, 0.05) is 5.02 Å². The molecule has 2 aromatic rings. The SMILES string of the molecule is S=c1n(CN2CCCC2)nnn1-c1cccc(Cl)c1. The Labute approximate surface area is 121 Å². The molecule has 100 valence electrons. The second kappa shape index (κ2) is 5.40. The zero-order valence-electron chi connectivity index (χ0n) is 10.4. The summed E-state index contributed by atoms with van der Waals surface area (Å²) in [6.07, 6.45) is 2.49. The summed E-state index contributed by atoms with van der Waals surface area (Å²) in [5.41, 5.74) is 0.838. The van der Waals surface area contributed by atoms with Gasteiger partial charge in [0.1, 0.15) is 0 Å². The Bertz CT molecular complexity index is 629. The van der Waals surface area contributed by atoms with E-state index in [0.717, 1.165) is 18.8 Å². The minimum absolute atomic E-state index is 0.592. The zero-order chi connectivity index (χ0) is 13.2. The minimum atomic E-state index is 0.592. The number of nitrogens with zero attached hydrogens (tertiary/aromatic N) is 5. The van der Waals surface area contributed by atoms with Gasteiger partial charge in [-0.3, -0.25) is 4.90 Å². The third kappa shape index (κ3) is 2.70. The van der Waals surface area contributed by atoms with Crippen LogP contribution in [0.4, 0.5) is 0 Å². The van der Waals surface area contributed by atoms with E-state index in [4.69, 9.17) is 23.8 Å². The van der Waals surface area contributed by atoms with Crippen LogP contribution in [0.25, 0.3) is 5.69 Å². The molecule has 1 fully saturated rings. The first-order valence-corrected chi connectivity index (χ1v) is 7.04. The summed E-state index contributed by atoms with van der Waals surface area (Å²) in [6.45, 7) is 2.91. The van der Waals surface area contributed by atoms with Crippen molar-refractivity contribution >= 4 is 23.8 Å². The van der Waals surface area contributed by atoms with Crippen LogP contribution < -0.4 is 0 Å². The molecule has 1 aliphatic heterocycles. The lowest BCUT2D eigenvalue weighted by Gasteiger charge is -2.12. The number of likely N-dealkylation sites (tertiary alicyclic amines) is 1. The highest BCUT2D eigenvalue weighted by Crippen LogP contribution is 2.14. The van der Waals surface area contributed by atoms with Crippen LogP contribution in [0.2, 0.25) is 5.02 Å². The fraction of sp³-hybridized carbons (Fsp3) is 0.417. The molecule has 0 amide bonds. The van der Waals surface area contributed by atoms with Crippen LogP contribution >= 0.6 is 23.8 Å². The smallest absolute Gasteiger partial charge is 0.221 e. The third-order valence-corrected chi connectivity index (χ3v) is 3.84. The van der Waals surface area contributed by atoms with Gasteiger partial charge in [0.05, 0.1) is 12.4 Å². The van der Waals surface area contributed by atoms with Crippen LogP contribution in [0.15, 0.2) is 24.3 Å². The van der Waals surface area contributed by atoms with Gasteiger partial charge in [-0.15, -0.1) is 0 Å². The highest BCUT2D eigenvalue weighted by molar-refractivity contribution is 7.71. The molecule has 1 saturated heterocycles. The summed E-state index contributed by atoms with van der Waals surface area (Å²) in [4.78, 5) is 2.33. The van der Waals surface area contributed by atoms with E-state index in [2.05, 4.69) is 15.3 Å². The van der Waals surface area contributed by atoms with Gasteiger partial charge in [-0.2, -0.15) is 4.68 Å². The molecule has 3 rings (SSSR count). The topological polar surface area (TPSA) is 38.9 Å². The van der Waals surface area contributed by atoms with Gasteiger partial charge in [0.15, 0.2) is 0 Å². The van der Waals surface area contributed by atoms with Gasteiger partial charge in [-0.05, 0) is 66.8 Å². The van der Waals surface area contributed by atoms with Crippen LogP contribution in [-0.2, 0) is 6.67 Å². The molecule has 0 bridgehead atoms. The van der Waals surface area contributed by atoms with Crippen LogP contribution in [0.5, 0.6) is 0 Å². The Kier molecular flexibility index (Phi) is 3.63. The maximum absolute atomic E-state index is 5.98. The Hall–Kier alpha value is -1.24. The monoisotopic (exact) mass is 295 g/mol.